The summed E-state index contributed by atoms with van der Waals surface area (Å²) in [4.78, 5) is 25.3. The maximum absolute atomic E-state index is 13.3. The number of halogens is 3. The van der Waals surface area contributed by atoms with Gasteiger partial charge in [-0.25, -0.2) is 4.98 Å². The Balaban J connectivity index is 1.46. The van der Waals surface area contributed by atoms with Crippen LogP contribution in [0.5, 0.6) is 0 Å². The molecular formula is C24H24F3N5O. The van der Waals surface area contributed by atoms with Crippen molar-refractivity contribution < 1.29 is 18.0 Å². The van der Waals surface area contributed by atoms with Crippen LogP contribution in [0.4, 0.5) is 30.6 Å². The number of carbonyl (C=O) groups is 1. The molecule has 1 aliphatic rings. The number of anilines is 3. The van der Waals surface area contributed by atoms with Crippen LogP contribution in [0.2, 0.25) is 0 Å². The van der Waals surface area contributed by atoms with E-state index in [1.807, 2.05) is 49.1 Å². The quantitative estimate of drug-likeness (QED) is 0.611. The molecule has 0 saturated carbocycles. The molecule has 1 saturated heterocycles. The van der Waals surface area contributed by atoms with Crippen LogP contribution in [0.15, 0.2) is 54.6 Å². The molecule has 0 aliphatic carbocycles. The lowest BCUT2D eigenvalue weighted by atomic mass is 10.1. The van der Waals surface area contributed by atoms with Crippen LogP contribution >= 0.6 is 0 Å². The highest BCUT2D eigenvalue weighted by Crippen LogP contribution is 2.32. The summed E-state index contributed by atoms with van der Waals surface area (Å²) in [6.07, 6.45) is -4.58. The van der Waals surface area contributed by atoms with E-state index in [0.717, 1.165) is 23.0 Å². The minimum absolute atomic E-state index is 0.281. The van der Waals surface area contributed by atoms with E-state index < -0.39 is 17.6 Å². The van der Waals surface area contributed by atoms with E-state index in [9.17, 15) is 18.0 Å². The van der Waals surface area contributed by atoms with Gasteiger partial charge in [0.15, 0.2) is 0 Å². The Morgan fingerprint density at radius 1 is 0.939 bits per heavy atom. The predicted molar refractivity (Wildman–Crippen MR) is 121 cm³/mol. The molecule has 0 radical (unpaired) electrons. The minimum atomic E-state index is -4.58. The van der Waals surface area contributed by atoms with Gasteiger partial charge in [0.2, 0.25) is 5.95 Å². The molecule has 2 heterocycles. The fourth-order valence-corrected chi connectivity index (χ4v) is 3.74. The van der Waals surface area contributed by atoms with Crippen LogP contribution in [0, 0.1) is 13.8 Å². The normalized spacial score (nSPS) is 14.3. The summed E-state index contributed by atoms with van der Waals surface area (Å²) in [6, 6.07) is 14.7. The maximum Gasteiger partial charge on any atom is 0.417 e. The first kappa shape index (κ1) is 22.6. The van der Waals surface area contributed by atoms with Gasteiger partial charge in [-0.2, -0.15) is 18.2 Å². The molecular weight excluding hydrogens is 431 g/mol. The monoisotopic (exact) mass is 455 g/mol. The van der Waals surface area contributed by atoms with Crippen LogP contribution in [0.3, 0.4) is 0 Å². The molecule has 4 rings (SSSR count). The van der Waals surface area contributed by atoms with Gasteiger partial charge in [-0.05, 0) is 38.1 Å². The molecule has 1 amide bonds. The molecule has 1 N–H and O–H groups in total. The van der Waals surface area contributed by atoms with Crippen LogP contribution < -0.4 is 10.2 Å². The number of hydrogen-bond donors (Lipinski definition) is 1. The van der Waals surface area contributed by atoms with Gasteiger partial charge in [-0.1, -0.05) is 29.8 Å². The van der Waals surface area contributed by atoms with Gasteiger partial charge < -0.3 is 15.1 Å². The first-order valence-corrected chi connectivity index (χ1v) is 10.6. The summed E-state index contributed by atoms with van der Waals surface area (Å²) in [7, 11) is 0. The Labute approximate surface area is 190 Å². The van der Waals surface area contributed by atoms with Gasteiger partial charge in [-0.15, -0.1) is 0 Å². The number of amides is 1. The molecule has 0 unspecified atom stereocenters. The number of piperazine rings is 1. The summed E-state index contributed by atoms with van der Waals surface area (Å²) in [6.45, 7) is 5.30. The largest absolute Gasteiger partial charge is 0.417 e. The topological polar surface area (TPSA) is 61.4 Å². The van der Waals surface area contributed by atoms with Crippen molar-refractivity contribution in [2.45, 2.75) is 20.0 Å². The van der Waals surface area contributed by atoms with Gasteiger partial charge >= 0.3 is 6.18 Å². The Kier molecular flexibility index (Phi) is 6.22. The second kappa shape index (κ2) is 9.09. The van der Waals surface area contributed by atoms with E-state index in [1.54, 1.807) is 0 Å². The molecule has 3 aromatic rings. The summed E-state index contributed by atoms with van der Waals surface area (Å²) >= 11 is 0. The van der Waals surface area contributed by atoms with Crippen LogP contribution in [-0.2, 0) is 6.18 Å². The molecule has 2 aromatic carbocycles. The van der Waals surface area contributed by atoms with Crippen molar-refractivity contribution in [1.29, 1.82) is 0 Å². The number of aromatic nitrogens is 2. The Morgan fingerprint density at radius 2 is 1.61 bits per heavy atom. The average Bonchev–Trinajstić information content (AvgIpc) is 2.79. The molecule has 0 spiro atoms. The lowest BCUT2D eigenvalue weighted by Gasteiger charge is -2.35. The number of rotatable bonds is 4. The smallest absolute Gasteiger partial charge is 0.340 e. The average molecular weight is 455 g/mol. The Hall–Kier alpha value is -3.62. The molecule has 6 nitrogen and oxygen atoms in total. The fourth-order valence-electron chi connectivity index (χ4n) is 3.74. The van der Waals surface area contributed by atoms with Crippen molar-refractivity contribution in [1.82, 2.24) is 14.9 Å². The van der Waals surface area contributed by atoms with E-state index in [4.69, 9.17) is 0 Å². The van der Waals surface area contributed by atoms with Crippen molar-refractivity contribution in [3.05, 3.63) is 77.0 Å². The predicted octanol–water partition coefficient (Wildman–Crippen LogP) is 4.82. The van der Waals surface area contributed by atoms with E-state index in [1.165, 1.54) is 23.1 Å². The number of nitrogens with zero attached hydrogens (tertiary/aromatic N) is 4. The second-order valence-electron chi connectivity index (χ2n) is 8.01. The Morgan fingerprint density at radius 3 is 2.27 bits per heavy atom. The summed E-state index contributed by atoms with van der Waals surface area (Å²) in [5, 5.41) is 3.27. The van der Waals surface area contributed by atoms with Gasteiger partial charge in [0, 0.05) is 43.6 Å². The number of nitrogens with one attached hydrogen (secondary N) is 1. The second-order valence-corrected chi connectivity index (χ2v) is 8.01. The third-order valence-corrected chi connectivity index (χ3v) is 5.48. The van der Waals surface area contributed by atoms with E-state index in [-0.39, 0.29) is 18.7 Å². The SMILES string of the molecule is Cc1ccc(Nc2cc(C)nc(N3CCN(C(=O)c4ccccc4C(F)(F)F)CC3)n2)cc1. The molecule has 0 atom stereocenters. The molecule has 0 bridgehead atoms. The molecule has 33 heavy (non-hydrogen) atoms. The number of benzene rings is 2. The number of aryl methyl sites for hydroxylation is 2. The highest BCUT2D eigenvalue weighted by Gasteiger charge is 2.36. The Bertz CT molecular complexity index is 1140. The van der Waals surface area contributed by atoms with Crippen LogP contribution in [0.25, 0.3) is 0 Å². The van der Waals surface area contributed by atoms with E-state index in [2.05, 4.69) is 15.3 Å². The molecule has 172 valence electrons. The van der Waals surface area contributed by atoms with E-state index >= 15 is 0 Å². The summed E-state index contributed by atoms with van der Waals surface area (Å²) < 4.78 is 39.9. The van der Waals surface area contributed by atoms with Crippen molar-refractivity contribution in [3.8, 4) is 0 Å². The fraction of sp³-hybridized carbons (Fsp3) is 0.292. The van der Waals surface area contributed by atoms with Gasteiger partial charge in [-0.3, -0.25) is 4.79 Å². The van der Waals surface area contributed by atoms with Crippen molar-refractivity contribution >= 4 is 23.4 Å². The number of hydrogen-bond acceptors (Lipinski definition) is 5. The highest BCUT2D eigenvalue weighted by atomic mass is 19.4. The molecule has 1 fully saturated rings. The lowest BCUT2D eigenvalue weighted by Crippen LogP contribution is -2.49. The maximum atomic E-state index is 13.3. The van der Waals surface area contributed by atoms with Crippen molar-refractivity contribution in [2.24, 2.45) is 0 Å². The number of carbonyl (C=O) groups excluding carboxylic acids is 1. The third kappa shape index (κ3) is 5.24. The van der Waals surface area contributed by atoms with Crippen LogP contribution in [-0.4, -0.2) is 47.0 Å². The van der Waals surface area contributed by atoms with Crippen molar-refractivity contribution in [2.75, 3.05) is 36.4 Å². The zero-order valence-electron chi connectivity index (χ0n) is 18.4. The van der Waals surface area contributed by atoms with Gasteiger partial charge in [0.1, 0.15) is 5.82 Å². The van der Waals surface area contributed by atoms with Crippen molar-refractivity contribution in [3.63, 3.8) is 0 Å². The molecule has 1 aromatic heterocycles. The first-order chi connectivity index (χ1) is 15.7. The zero-order chi connectivity index (χ0) is 23.6. The third-order valence-electron chi connectivity index (χ3n) is 5.48. The molecule has 1 aliphatic heterocycles. The molecule has 9 heteroatoms. The van der Waals surface area contributed by atoms with Crippen LogP contribution in [0.1, 0.15) is 27.2 Å². The van der Waals surface area contributed by atoms with Gasteiger partial charge in [0.25, 0.3) is 5.91 Å². The van der Waals surface area contributed by atoms with E-state index in [0.29, 0.717) is 24.9 Å². The number of alkyl halides is 3. The zero-order valence-corrected chi connectivity index (χ0v) is 18.4. The lowest BCUT2D eigenvalue weighted by molar-refractivity contribution is -0.138. The minimum Gasteiger partial charge on any atom is -0.340 e. The standard InChI is InChI=1S/C24H24F3N5O/c1-16-7-9-18(10-8-16)29-21-15-17(2)28-23(30-21)32-13-11-31(12-14-32)22(33)19-5-3-4-6-20(19)24(25,26)27/h3-10,15H,11-14H2,1-2H3,(H,28,29,30). The summed E-state index contributed by atoms with van der Waals surface area (Å²) in [5.41, 5.74) is 1.61. The first-order valence-electron chi connectivity index (χ1n) is 10.6. The summed E-state index contributed by atoms with van der Waals surface area (Å²) in [5.74, 6) is 0.556. The van der Waals surface area contributed by atoms with Gasteiger partial charge in [0.05, 0.1) is 11.1 Å². The highest BCUT2D eigenvalue weighted by molar-refractivity contribution is 5.96.